The largest absolute Gasteiger partial charge is 0.465 e. The molecule has 1 aliphatic rings. The lowest BCUT2D eigenvalue weighted by Gasteiger charge is -2.24. The van der Waals surface area contributed by atoms with Crippen molar-refractivity contribution >= 4 is 11.8 Å². The Morgan fingerprint density at radius 2 is 2.00 bits per heavy atom. The van der Waals surface area contributed by atoms with Gasteiger partial charge in [0, 0.05) is 25.9 Å². The van der Waals surface area contributed by atoms with Gasteiger partial charge in [0.05, 0.1) is 13.2 Å². The number of esters is 1. The number of ether oxygens (including phenoxy) is 1. The second kappa shape index (κ2) is 7.39. The summed E-state index contributed by atoms with van der Waals surface area (Å²) in [5, 5.41) is 0. The number of Topliss-reactive ketones (excluding diaryl/α,β-unsaturated/α-hetero) is 1. The predicted octanol–water partition coefficient (Wildman–Crippen LogP) is 1.38. The van der Waals surface area contributed by atoms with Crippen molar-refractivity contribution < 1.29 is 14.3 Å². The molecule has 1 fully saturated rings. The molecule has 0 aromatic rings. The van der Waals surface area contributed by atoms with Crippen LogP contribution in [0.2, 0.25) is 0 Å². The number of carbonyl (C=O) groups excluding carboxylic acids is 2. The van der Waals surface area contributed by atoms with Crippen LogP contribution < -0.4 is 0 Å². The van der Waals surface area contributed by atoms with Crippen LogP contribution in [0.15, 0.2) is 0 Å². The molecule has 4 heteroatoms. The molecule has 16 heavy (non-hydrogen) atoms. The minimum absolute atomic E-state index is 0.162. The highest BCUT2D eigenvalue weighted by Gasteiger charge is 2.18. The molecule has 0 atom stereocenters. The maximum atomic E-state index is 11.4. The summed E-state index contributed by atoms with van der Waals surface area (Å²) in [5.41, 5.74) is 0. The average Bonchev–Trinajstić information content (AvgIpc) is 2.28. The quantitative estimate of drug-likeness (QED) is 0.508. The van der Waals surface area contributed by atoms with Crippen LogP contribution in [0.5, 0.6) is 0 Å². The summed E-state index contributed by atoms with van der Waals surface area (Å²) in [6, 6.07) is 0. The van der Waals surface area contributed by atoms with Gasteiger partial charge in [-0.05, 0) is 6.42 Å². The number of unbranched alkanes of at least 4 members (excludes halogenated alkanes) is 2. The van der Waals surface area contributed by atoms with E-state index in [9.17, 15) is 9.59 Å². The average molecular weight is 227 g/mol. The minimum atomic E-state index is -0.162. The molecule has 1 heterocycles. The first-order valence-corrected chi connectivity index (χ1v) is 6.12. The van der Waals surface area contributed by atoms with Gasteiger partial charge in [0.15, 0.2) is 0 Å². The monoisotopic (exact) mass is 227 g/mol. The molecule has 92 valence electrons. The van der Waals surface area contributed by atoms with Crippen molar-refractivity contribution in [2.24, 2.45) is 0 Å². The number of carbonyl (C=O) groups is 2. The molecule has 0 amide bonds. The van der Waals surface area contributed by atoms with E-state index in [0.717, 1.165) is 19.3 Å². The van der Waals surface area contributed by atoms with Crippen LogP contribution in [-0.2, 0) is 14.3 Å². The molecule has 1 aliphatic heterocycles. The molecule has 0 spiro atoms. The van der Waals surface area contributed by atoms with Crippen LogP contribution in [0.4, 0.5) is 0 Å². The van der Waals surface area contributed by atoms with Crippen LogP contribution in [-0.4, -0.2) is 42.9 Å². The van der Waals surface area contributed by atoms with Crippen molar-refractivity contribution in [3.8, 4) is 0 Å². The summed E-state index contributed by atoms with van der Waals surface area (Å²) < 4.78 is 5.11. The van der Waals surface area contributed by atoms with Crippen LogP contribution in [0.25, 0.3) is 0 Å². The smallest absolute Gasteiger partial charge is 0.320 e. The third kappa shape index (κ3) is 5.26. The number of likely N-dealkylation sites (tertiary alicyclic amines) is 1. The number of ketones is 1. The van der Waals surface area contributed by atoms with Gasteiger partial charge in [0.2, 0.25) is 0 Å². The fourth-order valence-electron chi connectivity index (χ4n) is 1.73. The van der Waals surface area contributed by atoms with Crippen LogP contribution in [0.3, 0.4) is 0 Å². The molecule has 4 nitrogen and oxygen atoms in total. The van der Waals surface area contributed by atoms with Gasteiger partial charge >= 0.3 is 5.97 Å². The van der Waals surface area contributed by atoms with Crippen molar-refractivity contribution in [1.82, 2.24) is 4.90 Å². The zero-order valence-electron chi connectivity index (χ0n) is 10.0. The second-order valence-electron chi connectivity index (χ2n) is 4.24. The minimum Gasteiger partial charge on any atom is -0.465 e. The van der Waals surface area contributed by atoms with Gasteiger partial charge in [-0.1, -0.05) is 19.8 Å². The van der Waals surface area contributed by atoms with E-state index in [4.69, 9.17) is 4.74 Å². The summed E-state index contributed by atoms with van der Waals surface area (Å²) >= 11 is 0. The first-order valence-electron chi connectivity index (χ1n) is 6.12. The van der Waals surface area contributed by atoms with E-state index in [0.29, 0.717) is 44.9 Å². The fraction of sp³-hybridized carbons (Fsp3) is 0.833. The molecule has 0 unspecified atom stereocenters. The number of hydrogen-bond donors (Lipinski definition) is 0. The lowest BCUT2D eigenvalue weighted by atomic mass is 10.1. The molecule has 0 aromatic heterocycles. The summed E-state index contributed by atoms with van der Waals surface area (Å²) in [5.74, 6) is 0.137. The van der Waals surface area contributed by atoms with E-state index in [1.807, 2.05) is 4.90 Å². The van der Waals surface area contributed by atoms with Gasteiger partial charge in [-0.25, -0.2) is 0 Å². The van der Waals surface area contributed by atoms with Gasteiger partial charge in [-0.3, -0.25) is 14.5 Å². The van der Waals surface area contributed by atoms with Crippen molar-refractivity contribution in [3.63, 3.8) is 0 Å². The highest BCUT2D eigenvalue weighted by Crippen LogP contribution is 2.05. The van der Waals surface area contributed by atoms with Crippen molar-refractivity contribution in [2.45, 2.75) is 39.0 Å². The predicted molar refractivity (Wildman–Crippen MR) is 61.2 cm³/mol. The Labute approximate surface area is 96.9 Å². The Morgan fingerprint density at radius 3 is 2.62 bits per heavy atom. The Hall–Kier alpha value is -0.900. The summed E-state index contributed by atoms with van der Waals surface area (Å²) in [7, 11) is 0. The van der Waals surface area contributed by atoms with Gasteiger partial charge in [-0.2, -0.15) is 0 Å². The maximum absolute atomic E-state index is 11.4. The van der Waals surface area contributed by atoms with Gasteiger partial charge in [0.1, 0.15) is 5.78 Å². The highest BCUT2D eigenvalue weighted by atomic mass is 16.5. The van der Waals surface area contributed by atoms with Crippen LogP contribution >= 0.6 is 0 Å². The Balaban J connectivity index is 2.07. The van der Waals surface area contributed by atoms with Crippen LogP contribution in [0.1, 0.15) is 39.0 Å². The molecular weight excluding hydrogens is 206 g/mol. The van der Waals surface area contributed by atoms with E-state index >= 15 is 0 Å². The van der Waals surface area contributed by atoms with Crippen molar-refractivity contribution in [1.29, 1.82) is 0 Å². The molecule has 0 N–H and O–H groups in total. The zero-order valence-corrected chi connectivity index (χ0v) is 10.0. The summed E-state index contributed by atoms with van der Waals surface area (Å²) in [4.78, 5) is 24.4. The van der Waals surface area contributed by atoms with E-state index in [-0.39, 0.29) is 5.97 Å². The SMILES string of the molecule is CCCCCOC(=O)CN1CCC(=O)CC1. The third-order valence-corrected chi connectivity index (χ3v) is 2.78. The number of hydrogen-bond acceptors (Lipinski definition) is 4. The van der Waals surface area contributed by atoms with Crippen molar-refractivity contribution in [3.05, 3.63) is 0 Å². The lowest BCUT2D eigenvalue weighted by molar-refractivity contribution is -0.146. The molecular formula is C12H21NO3. The normalized spacial score (nSPS) is 17.4. The standard InChI is InChI=1S/C12H21NO3/c1-2-3-4-9-16-12(15)10-13-7-5-11(14)6-8-13/h2-10H2,1H3. The van der Waals surface area contributed by atoms with Gasteiger partial charge in [0.25, 0.3) is 0 Å². The molecule has 0 aliphatic carbocycles. The Morgan fingerprint density at radius 1 is 1.31 bits per heavy atom. The van der Waals surface area contributed by atoms with Gasteiger partial charge in [-0.15, -0.1) is 0 Å². The first-order chi connectivity index (χ1) is 7.72. The van der Waals surface area contributed by atoms with E-state index < -0.39 is 0 Å². The first kappa shape index (κ1) is 13.2. The number of piperidine rings is 1. The van der Waals surface area contributed by atoms with Crippen LogP contribution in [0, 0.1) is 0 Å². The summed E-state index contributed by atoms with van der Waals surface area (Å²) in [6.07, 6.45) is 4.32. The van der Waals surface area contributed by atoms with E-state index in [1.54, 1.807) is 0 Å². The number of nitrogens with zero attached hydrogens (tertiary/aromatic N) is 1. The fourth-order valence-corrected chi connectivity index (χ4v) is 1.73. The van der Waals surface area contributed by atoms with Crippen molar-refractivity contribution in [2.75, 3.05) is 26.2 Å². The zero-order chi connectivity index (χ0) is 11.8. The topological polar surface area (TPSA) is 46.6 Å². The Bertz CT molecular complexity index is 230. The molecule has 0 saturated carbocycles. The second-order valence-corrected chi connectivity index (χ2v) is 4.24. The molecule has 0 aromatic carbocycles. The number of rotatable bonds is 6. The third-order valence-electron chi connectivity index (χ3n) is 2.78. The molecule has 0 bridgehead atoms. The summed E-state index contributed by atoms with van der Waals surface area (Å²) in [6.45, 7) is 4.37. The van der Waals surface area contributed by atoms with Gasteiger partial charge < -0.3 is 4.74 Å². The van der Waals surface area contributed by atoms with E-state index in [2.05, 4.69) is 6.92 Å². The van der Waals surface area contributed by atoms with E-state index in [1.165, 1.54) is 0 Å². The lowest BCUT2D eigenvalue weighted by Crippen LogP contribution is -2.38. The molecule has 1 saturated heterocycles. The Kier molecular flexibility index (Phi) is 6.08. The molecule has 0 radical (unpaired) electrons. The molecule has 1 rings (SSSR count). The highest BCUT2D eigenvalue weighted by molar-refractivity contribution is 5.80. The maximum Gasteiger partial charge on any atom is 0.320 e.